The van der Waals surface area contributed by atoms with Crippen molar-refractivity contribution in [2.24, 2.45) is 10.9 Å². The summed E-state index contributed by atoms with van der Waals surface area (Å²) in [5.41, 5.74) is 4.68. The number of ether oxygens (including phenoxy) is 1. The first kappa shape index (κ1) is 20.3. The van der Waals surface area contributed by atoms with E-state index in [4.69, 9.17) is 19.0 Å². The van der Waals surface area contributed by atoms with Gasteiger partial charge < -0.3 is 19.0 Å². The third-order valence-electron chi connectivity index (χ3n) is 6.21. The van der Waals surface area contributed by atoms with Crippen LogP contribution in [-0.2, 0) is 17.9 Å². The molecule has 1 N–H and O–H groups in total. The van der Waals surface area contributed by atoms with Crippen molar-refractivity contribution in [2.45, 2.75) is 51.4 Å². The summed E-state index contributed by atoms with van der Waals surface area (Å²) >= 11 is 0. The molecule has 31 heavy (non-hydrogen) atoms. The van der Waals surface area contributed by atoms with Crippen LogP contribution in [-0.4, -0.2) is 53.2 Å². The van der Waals surface area contributed by atoms with E-state index >= 15 is 0 Å². The van der Waals surface area contributed by atoms with E-state index in [-0.39, 0.29) is 0 Å². The molecule has 8 heteroatoms. The minimum Gasteiger partial charge on any atom is -0.493 e. The molecule has 0 amide bonds. The molecule has 0 atom stereocenters. The van der Waals surface area contributed by atoms with Crippen molar-refractivity contribution >= 4 is 5.96 Å². The Bertz CT molecular complexity index is 914. The van der Waals surface area contributed by atoms with Gasteiger partial charge in [0.15, 0.2) is 11.6 Å². The molecule has 1 spiro atoms. The highest BCUT2D eigenvalue weighted by Crippen LogP contribution is 2.31. The molecule has 0 bridgehead atoms. The largest absolute Gasteiger partial charge is 0.493 e. The minimum absolute atomic E-state index is 0.472. The van der Waals surface area contributed by atoms with Crippen LogP contribution in [0.15, 0.2) is 39.9 Å². The van der Waals surface area contributed by atoms with Crippen molar-refractivity contribution in [3.8, 4) is 5.75 Å². The monoisotopic (exact) mass is 425 g/mol. The number of hydroxylamine groups is 1. The molecule has 3 heterocycles. The standard InChI is InChI=1S/C23H31N5O3/c1-17-24-20(16-29-17)14-28(22-25-23(31-26-22)9-11-27(2)12-10-23)13-18-5-7-21(8-6-18)30-15-19-3-4-19/h5-8,16,19H,3-4,9-15H2,1-2H3,(H,25,26). The number of oxazole rings is 1. The fourth-order valence-electron chi connectivity index (χ4n) is 3.99. The highest BCUT2D eigenvalue weighted by atomic mass is 16.7. The number of nitrogens with one attached hydrogen (secondary N) is 1. The van der Waals surface area contributed by atoms with E-state index in [2.05, 4.69) is 51.6 Å². The number of aromatic nitrogens is 1. The number of likely N-dealkylation sites (tertiary alicyclic amines) is 1. The fourth-order valence-corrected chi connectivity index (χ4v) is 3.99. The molecule has 5 rings (SSSR count). The van der Waals surface area contributed by atoms with Crippen molar-refractivity contribution in [2.75, 3.05) is 26.7 Å². The van der Waals surface area contributed by atoms with Gasteiger partial charge in [0.2, 0.25) is 5.96 Å². The van der Waals surface area contributed by atoms with Gasteiger partial charge in [0.25, 0.3) is 0 Å². The topological polar surface area (TPSA) is 75.4 Å². The lowest BCUT2D eigenvalue weighted by Crippen LogP contribution is -2.43. The summed E-state index contributed by atoms with van der Waals surface area (Å²) in [6.45, 7) is 5.90. The quantitative estimate of drug-likeness (QED) is 0.731. The predicted octanol–water partition coefficient (Wildman–Crippen LogP) is 3.09. The van der Waals surface area contributed by atoms with Crippen molar-refractivity contribution in [3.05, 3.63) is 47.7 Å². The van der Waals surface area contributed by atoms with Crippen LogP contribution in [0.3, 0.4) is 0 Å². The number of aliphatic imine (C=N–C) groups is 1. The van der Waals surface area contributed by atoms with E-state index in [0.29, 0.717) is 19.0 Å². The van der Waals surface area contributed by atoms with Crippen LogP contribution in [0.5, 0.6) is 5.75 Å². The Morgan fingerprint density at radius 1 is 1.19 bits per heavy atom. The second-order valence-electron chi connectivity index (χ2n) is 9.00. The molecular formula is C23H31N5O3. The zero-order valence-electron chi connectivity index (χ0n) is 18.3. The molecule has 1 aliphatic carbocycles. The van der Waals surface area contributed by atoms with Crippen molar-refractivity contribution < 1.29 is 14.0 Å². The van der Waals surface area contributed by atoms with Gasteiger partial charge in [0, 0.05) is 39.4 Å². The zero-order chi connectivity index (χ0) is 21.3. The van der Waals surface area contributed by atoms with Crippen molar-refractivity contribution in [1.82, 2.24) is 20.3 Å². The van der Waals surface area contributed by atoms with Crippen LogP contribution in [0.2, 0.25) is 0 Å². The Morgan fingerprint density at radius 3 is 2.65 bits per heavy atom. The van der Waals surface area contributed by atoms with Gasteiger partial charge in [-0.3, -0.25) is 0 Å². The lowest BCUT2D eigenvalue weighted by molar-refractivity contribution is -0.0875. The Hall–Kier alpha value is -2.58. The Morgan fingerprint density at radius 2 is 1.97 bits per heavy atom. The minimum atomic E-state index is -0.472. The van der Waals surface area contributed by atoms with Gasteiger partial charge >= 0.3 is 0 Å². The molecule has 0 radical (unpaired) electrons. The number of piperidine rings is 1. The van der Waals surface area contributed by atoms with E-state index in [1.54, 1.807) is 6.26 Å². The van der Waals surface area contributed by atoms with Crippen molar-refractivity contribution in [3.63, 3.8) is 0 Å². The molecule has 8 nitrogen and oxygen atoms in total. The van der Waals surface area contributed by atoms with Crippen molar-refractivity contribution in [1.29, 1.82) is 0 Å². The summed E-state index contributed by atoms with van der Waals surface area (Å²) in [7, 11) is 2.14. The summed E-state index contributed by atoms with van der Waals surface area (Å²) in [5, 5.41) is 0. The first-order valence-electron chi connectivity index (χ1n) is 11.2. The summed E-state index contributed by atoms with van der Waals surface area (Å²) < 4.78 is 11.3. The normalized spacial score (nSPS) is 20.5. The summed E-state index contributed by atoms with van der Waals surface area (Å²) in [6.07, 6.45) is 6.06. The molecule has 1 aromatic heterocycles. The highest BCUT2D eigenvalue weighted by molar-refractivity contribution is 5.80. The van der Waals surface area contributed by atoms with E-state index in [1.165, 1.54) is 18.4 Å². The molecule has 1 saturated carbocycles. The van der Waals surface area contributed by atoms with E-state index in [0.717, 1.165) is 55.9 Å². The number of nitrogens with zero attached hydrogens (tertiary/aromatic N) is 4. The molecule has 1 aromatic carbocycles. The SMILES string of the molecule is Cc1nc(CN(Cc2ccc(OCC3CC3)cc2)C2=NC3(CCN(C)CC3)ON2)co1. The number of rotatable bonds is 7. The molecule has 1 saturated heterocycles. The van der Waals surface area contributed by atoms with E-state index in [9.17, 15) is 0 Å². The molecular weight excluding hydrogens is 394 g/mol. The molecule has 0 unspecified atom stereocenters. The van der Waals surface area contributed by atoms with Crippen LogP contribution in [0.4, 0.5) is 0 Å². The molecule has 2 aromatic rings. The van der Waals surface area contributed by atoms with Gasteiger partial charge in [-0.25, -0.2) is 20.3 Å². The van der Waals surface area contributed by atoms with E-state index in [1.807, 2.05) is 6.92 Å². The van der Waals surface area contributed by atoms with E-state index < -0.39 is 5.72 Å². The number of guanidine groups is 1. The number of hydrogen-bond donors (Lipinski definition) is 1. The van der Waals surface area contributed by atoms with Crippen LogP contribution in [0.25, 0.3) is 0 Å². The average molecular weight is 426 g/mol. The maximum Gasteiger partial charge on any atom is 0.222 e. The van der Waals surface area contributed by atoms with Crippen LogP contribution < -0.4 is 10.2 Å². The maximum absolute atomic E-state index is 6.00. The third-order valence-corrected chi connectivity index (χ3v) is 6.21. The average Bonchev–Trinajstić information content (AvgIpc) is 3.38. The predicted molar refractivity (Wildman–Crippen MR) is 116 cm³/mol. The van der Waals surface area contributed by atoms with Gasteiger partial charge in [-0.2, -0.15) is 0 Å². The summed E-state index contributed by atoms with van der Waals surface area (Å²) in [6, 6.07) is 8.33. The molecule has 3 aliphatic rings. The highest BCUT2D eigenvalue weighted by Gasteiger charge is 2.40. The fraction of sp³-hybridized carbons (Fsp3) is 0.565. The van der Waals surface area contributed by atoms with Crippen LogP contribution in [0.1, 0.15) is 42.8 Å². The molecule has 2 aliphatic heterocycles. The third kappa shape index (κ3) is 5.02. The Labute approximate surface area is 183 Å². The zero-order valence-corrected chi connectivity index (χ0v) is 18.3. The lowest BCUT2D eigenvalue weighted by Gasteiger charge is -2.33. The van der Waals surface area contributed by atoms with Gasteiger partial charge in [-0.1, -0.05) is 12.1 Å². The summed E-state index contributed by atoms with van der Waals surface area (Å²) in [5.74, 6) is 3.09. The second kappa shape index (κ2) is 8.51. The van der Waals surface area contributed by atoms with Crippen LogP contribution >= 0.6 is 0 Å². The Kier molecular flexibility index (Phi) is 5.58. The maximum atomic E-state index is 6.00. The smallest absolute Gasteiger partial charge is 0.222 e. The van der Waals surface area contributed by atoms with Gasteiger partial charge in [0.1, 0.15) is 12.0 Å². The molecule has 166 valence electrons. The van der Waals surface area contributed by atoms with Gasteiger partial charge in [-0.15, -0.1) is 0 Å². The summed E-state index contributed by atoms with van der Waals surface area (Å²) in [4.78, 5) is 19.9. The van der Waals surface area contributed by atoms with Gasteiger partial charge in [0.05, 0.1) is 18.8 Å². The molecule has 2 fully saturated rings. The van der Waals surface area contributed by atoms with Crippen LogP contribution in [0, 0.1) is 12.8 Å². The lowest BCUT2D eigenvalue weighted by atomic mass is 10.0. The Balaban J connectivity index is 1.31. The first-order valence-corrected chi connectivity index (χ1v) is 11.2. The van der Waals surface area contributed by atoms with Gasteiger partial charge in [-0.05, 0) is 43.5 Å². The number of hydrogen-bond acceptors (Lipinski definition) is 8. The number of aryl methyl sites for hydroxylation is 1. The first-order chi connectivity index (χ1) is 15.1. The number of benzene rings is 1. The second-order valence-corrected chi connectivity index (χ2v) is 9.00.